The average Bonchev–Trinajstić information content (AvgIpc) is 2.41. The van der Waals surface area contributed by atoms with Gasteiger partial charge in [-0.15, -0.1) is 0 Å². The molecule has 0 heterocycles. The van der Waals surface area contributed by atoms with E-state index in [0.29, 0.717) is 15.6 Å². The first-order valence-corrected chi connectivity index (χ1v) is 6.23. The van der Waals surface area contributed by atoms with Crippen LogP contribution in [0.3, 0.4) is 0 Å². The predicted octanol–water partition coefficient (Wildman–Crippen LogP) is 4.05. The third-order valence-corrected chi connectivity index (χ3v) is 3.13. The number of rotatable bonds is 3. The molecule has 0 aromatic heterocycles. The smallest absolute Gasteiger partial charge is 0.185 e. The highest BCUT2D eigenvalue weighted by molar-refractivity contribution is 9.10. The molecule has 0 fully saturated rings. The second-order valence-electron chi connectivity index (χ2n) is 3.74. The minimum absolute atomic E-state index is 0.0880. The Hall–Kier alpha value is -1.87. The van der Waals surface area contributed by atoms with Gasteiger partial charge in [0.15, 0.2) is 5.78 Å². The van der Waals surface area contributed by atoms with Gasteiger partial charge in [0.2, 0.25) is 0 Å². The summed E-state index contributed by atoms with van der Waals surface area (Å²) < 4.78 is 0.608. The number of benzene rings is 2. The molecule has 2 rings (SSSR count). The summed E-state index contributed by atoms with van der Waals surface area (Å²) in [4.78, 5) is 11.8. The number of ketones is 1. The molecule has 0 radical (unpaired) electrons. The topological polar surface area (TPSA) is 37.3 Å². The van der Waals surface area contributed by atoms with Crippen molar-refractivity contribution in [1.29, 1.82) is 0 Å². The summed E-state index contributed by atoms with van der Waals surface area (Å²) in [7, 11) is 0. The van der Waals surface area contributed by atoms with Gasteiger partial charge in [0, 0.05) is 11.1 Å². The highest BCUT2D eigenvalue weighted by Gasteiger charge is 2.03. The van der Waals surface area contributed by atoms with Crippen molar-refractivity contribution >= 4 is 27.8 Å². The van der Waals surface area contributed by atoms with Gasteiger partial charge in [-0.25, -0.2) is 0 Å². The molecule has 2 aromatic rings. The van der Waals surface area contributed by atoms with E-state index in [-0.39, 0.29) is 11.5 Å². The molecule has 0 atom stereocenters. The minimum Gasteiger partial charge on any atom is -0.506 e. The Morgan fingerprint density at radius 2 is 1.78 bits per heavy atom. The summed E-state index contributed by atoms with van der Waals surface area (Å²) in [5, 5.41) is 9.77. The quantitative estimate of drug-likeness (QED) is 0.686. The number of aromatic hydroxyl groups is 1. The Bertz CT molecular complexity index is 589. The number of halogens is 1. The van der Waals surface area contributed by atoms with Gasteiger partial charge in [0.25, 0.3) is 0 Å². The molecule has 0 aliphatic carbocycles. The zero-order chi connectivity index (χ0) is 13.0. The number of phenols is 1. The van der Waals surface area contributed by atoms with Gasteiger partial charge >= 0.3 is 0 Å². The Labute approximate surface area is 114 Å². The monoisotopic (exact) mass is 302 g/mol. The predicted molar refractivity (Wildman–Crippen MR) is 75.6 cm³/mol. The minimum atomic E-state index is -0.0880. The van der Waals surface area contributed by atoms with Crippen molar-refractivity contribution in [1.82, 2.24) is 0 Å². The molecule has 2 aromatic carbocycles. The molecule has 0 unspecified atom stereocenters. The van der Waals surface area contributed by atoms with Crippen LogP contribution >= 0.6 is 15.9 Å². The van der Waals surface area contributed by atoms with E-state index in [2.05, 4.69) is 15.9 Å². The van der Waals surface area contributed by atoms with Gasteiger partial charge in [0.1, 0.15) is 5.75 Å². The van der Waals surface area contributed by atoms with Crippen molar-refractivity contribution in [2.75, 3.05) is 0 Å². The molecule has 0 aliphatic rings. The molecular formula is C15H11BrO2. The molecule has 0 saturated heterocycles. The van der Waals surface area contributed by atoms with Crippen molar-refractivity contribution in [2.45, 2.75) is 0 Å². The van der Waals surface area contributed by atoms with Gasteiger partial charge in [0.05, 0.1) is 4.47 Å². The van der Waals surface area contributed by atoms with Crippen LogP contribution < -0.4 is 0 Å². The van der Waals surface area contributed by atoms with Crippen LogP contribution in [0.2, 0.25) is 0 Å². The lowest BCUT2D eigenvalue weighted by atomic mass is 10.1. The van der Waals surface area contributed by atoms with Crippen molar-refractivity contribution in [3.8, 4) is 5.75 Å². The van der Waals surface area contributed by atoms with Crippen LogP contribution in [0.25, 0.3) is 6.08 Å². The van der Waals surface area contributed by atoms with Crippen molar-refractivity contribution in [3.05, 3.63) is 70.2 Å². The van der Waals surface area contributed by atoms with Gasteiger partial charge in [-0.2, -0.15) is 0 Å². The fraction of sp³-hybridized carbons (Fsp3) is 0. The summed E-state index contributed by atoms with van der Waals surface area (Å²) in [6.07, 6.45) is 3.06. The molecule has 0 bridgehead atoms. The standard InChI is InChI=1S/C15H11BrO2/c16-13-8-4-7-12(15(13)18)9-10-14(17)11-5-2-1-3-6-11/h1-10,18H. The van der Waals surface area contributed by atoms with Gasteiger partial charge in [-0.3, -0.25) is 4.79 Å². The van der Waals surface area contributed by atoms with Crippen LogP contribution in [0.1, 0.15) is 15.9 Å². The molecule has 90 valence electrons. The number of hydrogen-bond donors (Lipinski definition) is 1. The fourth-order valence-corrected chi connectivity index (χ4v) is 1.91. The highest BCUT2D eigenvalue weighted by Crippen LogP contribution is 2.28. The number of hydrogen-bond acceptors (Lipinski definition) is 2. The van der Waals surface area contributed by atoms with Crippen LogP contribution in [0.15, 0.2) is 59.1 Å². The Morgan fingerprint density at radius 1 is 1.06 bits per heavy atom. The summed E-state index contributed by atoms with van der Waals surface area (Å²) >= 11 is 3.23. The molecule has 1 N–H and O–H groups in total. The fourth-order valence-electron chi connectivity index (χ4n) is 1.53. The number of carbonyl (C=O) groups is 1. The molecule has 0 aliphatic heterocycles. The molecule has 0 saturated carbocycles. The van der Waals surface area contributed by atoms with Crippen molar-refractivity contribution in [3.63, 3.8) is 0 Å². The van der Waals surface area contributed by atoms with Gasteiger partial charge < -0.3 is 5.11 Å². The van der Waals surface area contributed by atoms with Crippen LogP contribution in [0, 0.1) is 0 Å². The molecule has 18 heavy (non-hydrogen) atoms. The van der Waals surface area contributed by atoms with Crippen LogP contribution in [0.5, 0.6) is 5.75 Å². The lowest BCUT2D eigenvalue weighted by Gasteiger charge is -2.00. The van der Waals surface area contributed by atoms with Gasteiger partial charge in [-0.05, 0) is 34.1 Å². The Balaban J connectivity index is 2.22. The van der Waals surface area contributed by atoms with E-state index < -0.39 is 0 Å². The third kappa shape index (κ3) is 2.87. The number of phenolic OH excluding ortho intramolecular Hbond substituents is 1. The third-order valence-electron chi connectivity index (χ3n) is 2.49. The second kappa shape index (κ2) is 5.65. The first-order valence-electron chi connectivity index (χ1n) is 5.43. The van der Waals surface area contributed by atoms with Crippen LogP contribution in [0.4, 0.5) is 0 Å². The largest absolute Gasteiger partial charge is 0.506 e. The number of carbonyl (C=O) groups excluding carboxylic acids is 1. The molecule has 0 spiro atoms. The van der Waals surface area contributed by atoms with E-state index in [1.54, 1.807) is 36.4 Å². The van der Waals surface area contributed by atoms with E-state index >= 15 is 0 Å². The lowest BCUT2D eigenvalue weighted by Crippen LogP contribution is -1.92. The van der Waals surface area contributed by atoms with Crippen molar-refractivity contribution < 1.29 is 9.90 Å². The summed E-state index contributed by atoms with van der Waals surface area (Å²) in [6, 6.07) is 14.3. The van der Waals surface area contributed by atoms with Crippen LogP contribution in [-0.4, -0.2) is 10.9 Å². The summed E-state index contributed by atoms with van der Waals surface area (Å²) in [5.74, 6) is 0.0459. The first-order chi connectivity index (χ1) is 8.68. The van der Waals surface area contributed by atoms with Crippen LogP contribution in [-0.2, 0) is 0 Å². The first kappa shape index (κ1) is 12.6. The maximum atomic E-state index is 11.8. The molecule has 0 amide bonds. The van der Waals surface area contributed by atoms with E-state index in [1.807, 2.05) is 18.2 Å². The van der Waals surface area contributed by atoms with E-state index in [9.17, 15) is 9.90 Å². The van der Waals surface area contributed by atoms with E-state index in [0.717, 1.165) is 0 Å². The zero-order valence-electron chi connectivity index (χ0n) is 9.51. The van der Waals surface area contributed by atoms with Gasteiger partial charge in [-0.1, -0.05) is 42.5 Å². The average molecular weight is 303 g/mol. The van der Waals surface area contributed by atoms with E-state index in [4.69, 9.17) is 0 Å². The zero-order valence-corrected chi connectivity index (χ0v) is 11.1. The maximum Gasteiger partial charge on any atom is 0.185 e. The molecular weight excluding hydrogens is 292 g/mol. The Morgan fingerprint density at radius 3 is 2.50 bits per heavy atom. The second-order valence-corrected chi connectivity index (χ2v) is 4.60. The van der Waals surface area contributed by atoms with Crippen molar-refractivity contribution in [2.24, 2.45) is 0 Å². The maximum absolute atomic E-state index is 11.8. The molecule has 3 heteroatoms. The normalized spacial score (nSPS) is 10.7. The summed E-state index contributed by atoms with van der Waals surface area (Å²) in [6.45, 7) is 0. The Kier molecular flexibility index (Phi) is 3.95. The lowest BCUT2D eigenvalue weighted by molar-refractivity contribution is 0.104. The summed E-state index contributed by atoms with van der Waals surface area (Å²) in [5.41, 5.74) is 1.23. The van der Waals surface area contributed by atoms with E-state index in [1.165, 1.54) is 6.08 Å². The molecule has 2 nitrogen and oxygen atoms in total. The SMILES string of the molecule is O=C(C=Cc1cccc(Br)c1O)c1ccccc1. The highest BCUT2D eigenvalue weighted by atomic mass is 79.9. The number of para-hydroxylation sites is 1. The number of allylic oxidation sites excluding steroid dienone is 1.